The molecule has 0 bridgehead atoms. The first-order valence-electron chi connectivity index (χ1n) is 12.8. The van der Waals surface area contributed by atoms with E-state index < -0.39 is 0 Å². The van der Waals surface area contributed by atoms with Crippen LogP contribution in [0.4, 0.5) is 0 Å². The molecule has 2 fully saturated rings. The standard InChI is InChI=1S/C25H48O6/c1-7-26-20(22(18-13-14-18)24(28-9-3)29-10-4)17-21(27-8-2)23(19-15-16-19)25(30-11-5)31-12-6/h18-25H,7-17H2,1-6H3. The third kappa shape index (κ3) is 8.56. The molecule has 2 aliphatic rings. The van der Waals surface area contributed by atoms with E-state index >= 15 is 0 Å². The summed E-state index contributed by atoms with van der Waals surface area (Å²) < 4.78 is 37.0. The van der Waals surface area contributed by atoms with Crippen LogP contribution < -0.4 is 0 Å². The first-order chi connectivity index (χ1) is 15.1. The molecular weight excluding hydrogens is 396 g/mol. The van der Waals surface area contributed by atoms with Gasteiger partial charge in [0.15, 0.2) is 12.6 Å². The lowest BCUT2D eigenvalue weighted by Crippen LogP contribution is -2.45. The van der Waals surface area contributed by atoms with Crippen LogP contribution in [-0.2, 0) is 28.4 Å². The minimum absolute atomic E-state index is 0.0299. The van der Waals surface area contributed by atoms with Gasteiger partial charge < -0.3 is 28.4 Å². The van der Waals surface area contributed by atoms with E-state index in [4.69, 9.17) is 28.4 Å². The zero-order valence-corrected chi connectivity index (χ0v) is 20.8. The summed E-state index contributed by atoms with van der Waals surface area (Å²) in [4.78, 5) is 0. The number of hydrogen-bond acceptors (Lipinski definition) is 6. The maximum atomic E-state index is 6.38. The largest absolute Gasteiger partial charge is 0.378 e. The van der Waals surface area contributed by atoms with Gasteiger partial charge in [0.25, 0.3) is 0 Å². The minimum atomic E-state index is -0.227. The SMILES string of the molecule is CCOC(CC(OCC)C(C1CC1)C(OCC)OCC)C(C1CC1)C(OCC)OCC. The molecule has 184 valence electrons. The normalized spacial score (nSPS) is 20.9. The van der Waals surface area contributed by atoms with Crippen LogP contribution >= 0.6 is 0 Å². The molecular formula is C25H48O6. The fraction of sp³-hybridized carbons (Fsp3) is 1.00. The molecule has 0 N–H and O–H groups in total. The lowest BCUT2D eigenvalue weighted by atomic mass is 9.85. The zero-order valence-electron chi connectivity index (χ0n) is 20.8. The molecule has 2 rings (SSSR count). The van der Waals surface area contributed by atoms with Crippen LogP contribution in [0.25, 0.3) is 0 Å². The lowest BCUT2D eigenvalue weighted by molar-refractivity contribution is -0.217. The zero-order chi connectivity index (χ0) is 22.6. The van der Waals surface area contributed by atoms with E-state index in [1.54, 1.807) is 0 Å². The Morgan fingerprint density at radius 3 is 1.00 bits per heavy atom. The minimum Gasteiger partial charge on any atom is -0.378 e. The maximum Gasteiger partial charge on any atom is 0.163 e. The van der Waals surface area contributed by atoms with Crippen LogP contribution in [0.2, 0.25) is 0 Å². The van der Waals surface area contributed by atoms with Crippen molar-refractivity contribution in [2.45, 2.75) is 98.4 Å². The first kappa shape index (κ1) is 27.0. The molecule has 0 amide bonds. The second-order valence-electron chi connectivity index (χ2n) is 8.61. The maximum absolute atomic E-state index is 6.38. The molecule has 4 unspecified atom stereocenters. The van der Waals surface area contributed by atoms with Crippen molar-refractivity contribution in [2.75, 3.05) is 39.6 Å². The van der Waals surface area contributed by atoms with Crippen LogP contribution in [0.3, 0.4) is 0 Å². The summed E-state index contributed by atoms with van der Waals surface area (Å²) in [6.45, 7) is 16.2. The van der Waals surface area contributed by atoms with Gasteiger partial charge in [0.2, 0.25) is 0 Å². The molecule has 6 heteroatoms. The summed E-state index contributed by atoms with van der Waals surface area (Å²) in [5, 5.41) is 0. The Labute approximate surface area is 190 Å². The first-order valence-corrected chi connectivity index (χ1v) is 12.8. The quantitative estimate of drug-likeness (QED) is 0.245. The second-order valence-corrected chi connectivity index (χ2v) is 8.61. The Morgan fingerprint density at radius 1 is 0.484 bits per heavy atom. The second kappa shape index (κ2) is 14.8. The van der Waals surface area contributed by atoms with Crippen molar-refractivity contribution in [1.29, 1.82) is 0 Å². The highest BCUT2D eigenvalue weighted by atomic mass is 16.7. The molecule has 0 aromatic rings. The summed E-state index contributed by atoms with van der Waals surface area (Å²) in [5.74, 6) is 1.63. The molecule has 0 saturated heterocycles. The molecule has 0 aliphatic heterocycles. The van der Waals surface area contributed by atoms with Gasteiger partial charge in [0, 0.05) is 57.9 Å². The molecule has 0 spiro atoms. The summed E-state index contributed by atoms with van der Waals surface area (Å²) >= 11 is 0. The molecule has 31 heavy (non-hydrogen) atoms. The van der Waals surface area contributed by atoms with Gasteiger partial charge in [-0.1, -0.05) is 0 Å². The monoisotopic (exact) mass is 444 g/mol. The van der Waals surface area contributed by atoms with Crippen LogP contribution in [0.1, 0.15) is 73.6 Å². The number of hydrogen-bond donors (Lipinski definition) is 0. The van der Waals surface area contributed by atoms with Crippen molar-refractivity contribution in [3.63, 3.8) is 0 Å². The lowest BCUT2D eigenvalue weighted by Gasteiger charge is -2.38. The van der Waals surface area contributed by atoms with Crippen LogP contribution in [0.5, 0.6) is 0 Å². The van der Waals surface area contributed by atoms with Crippen molar-refractivity contribution in [2.24, 2.45) is 23.7 Å². The highest BCUT2D eigenvalue weighted by molar-refractivity contribution is 4.94. The smallest absolute Gasteiger partial charge is 0.163 e. The third-order valence-corrected chi connectivity index (χ3v) is 6.37. The average molecular weight is 445 g/mol. The van der Waals surface area contributed by atoms with Gasteiger partial charge in [-0.25, -0.2) is 0 Å². The van der Waals surface area contributed by atoms with Crippen molar-refractivity contribution < 1.29 is 28.4 Å². The van der Waals surface area contributed by atoms with Crippen molar-refractivity contribution >= 4 is 0 Å². The topological polar surface area (TPSA) is 55.4 Å². The Morgan fingerprint density at radius 2 is 0.774 bits per heavy atom. The van der Waals surface area contributed by atoms with Gasteiger partial charge in [-0.05, 0) is 79.1 Å². The molecule has 2 saturated carbocycles. The molecule has 0 aromatic carbocycles. The highest BCUT2D eigenvalue weighted by Crippen LogP contribution is 2.47. The fourth-order valence-electron chi connectivity index (χ4n) is 4.89. The summed E-state index contributed by atoms with van der Waals surface area (Å²) in [5.41, 5.74) is 0. The van der Waals surface area contributed by atoms with Crippen LogP contribution in [0.15, 0.2) is 0 Å². The average Bonchev–Trinajstić information content (AvgIpc) is 3.64. The van der Waals surface area contributed by atoms with Gasteiger partial charge in [-0.3, -0.25) is 0 Å². The van der Waals surface area contributed by atoms with Crippen molar-refractivity contribution in [3.8, 4) is 0 Å². The van der Waals surface area contributed by atoms with E-state index in [9.17, 15) is 0 Å². The van der Waals surface area contributed by atoms with E-state index in [0.717, 1.165) is 6.42 Å². The Hall–Kier alpha value is -0.240. The van der Waals surface area contributed by atoms with Crippen LogP contribution in [-0.4, -0.2) is 64.4 Å². The van der Waals surface area contributed by atoms with E-state index in [-0.39, 0.29) is 36.6 Å². The Balaban J connectivity index is 2.25. The summed E-state index contributed by atoms with van der Waals surface area (Å²) in [6, 6.07) is 0. The third-order valence-electron chi connectivity index (χ3n) is 6.37. The molecule has 0 heterocycles. The molecule has 2 aliphatic carbocycles. The summed E-state index contributed by atoms with van der Waals surface area (Å²) in [7, 11) is 0. The van der Waals surface area contributed by atoms with E-state index in [1.807, 2.05) is 27.7 Å². The Kier molecular flexibility index (Phi) is 12.9. The van der Waals surface area contributed by atoms with Gasteiger partial charge in [-0.15, -0.1) is 0 Å². The molecule has 0 radical (unpaired) electrons. The number of ether oxygens (including phenoxy) is 6. The summed E-state index contributed by atoms with van der Waals surface area (Å²) in [6.07, 6.45) is 5.30. The van der Waals surface area contributed by atoms with Gasteiger partial charge in [0.05, 0.1) is 12.2 Å². The van der Waals surface area contributed by atoms with Gasteiger partial charge >= 0.3 is 0 Å². The number of rotatable bonds is 20. The predicted octanol–water partition coefficient (Wildman–Crippen LogP) is 5.04. The van der Waals surface area contributed by atoms with Crippen LogP contribution in [0, 0.1) is 23.7 Å². The fourth-order valence-corrected chi connectivity index (χ4v) is 4.89. The van der Waals surface area contributed by atoms with E-state index in [1.165, 1.54) is 25.7 Å². The Bertz CT molecular complexity index is 401. The van der Waals surface area contributed by atoms with E-state index in [0.29, 0.717) is 51.5 Å². The van der Waals surface area contributed by atoms with Crippen molar-refractivity contribution in [1.82, 2.24) is 0 Å². The molecule has 6 nitrogen and oxygen atoms in total. The predicted molar refractivity (Wildman–Crippen MR) is 122 cm³/mol. The molecule has 4 atom stereocenters. The van der Waals surface area contributed by atoms with Gasteiger partial charge in [-0.2, -0.15) is 0 Å². The van der Waals surface area contributed by atoms with Gasteiger partial charge in [0.1, 0.15) is 0 Å². The van der Waals surface area contributed by atoms with Crippen molar-refractivity contribution in [3.05, 3.63) is 0 Å². The molecule has 0 aromatic heterocycles. The van der Waals surface area contributed by atoms with E-state index in [2.05, 4.69) is 13.8 Å². The highest BCUT2D eigenvalue weighted by Gasteiger charge is 2.48.